The lowest BCUT2D eigenvalue weighted by Crippen LogP contribution is -2.13. The van der Waals surface area contributed by atoms with E-state index in [0.29, 0.717) is 32.9 Å². The molecular weight excluding hydrogens is 361 g/mol. The molecule has 0 amide bonds. The number of rotatable bonds is 4. The van der Waals surface area contributed by atoms with E-state index in [1.54, 1.807) is 54.0 Å². The van der Waals surface area contributed by atoms with E-state index in [-0.39, 0.29) is 18.9 Å². The molecule has 0 atom stereocenters. The molecule has 128 valence electrons. The van der Waals surface area contributed by atoms with Crippen LogP contribution in [0.5, 0.6) is 0 Å². The van der Waals surface area contributed by atoms with Crippen molar-refractivity contribution in [3.63, 3.8) is 0 Å². The van der Waals surface area contributed by atoms with Crippen LogP contribution in [0.1, 0.15) is 27.2 Å². The van der Waals surface area contributed by atoms with Crippen LogP contribution in [0.2, 0.25) is 5.02 Å². The number of halogens is 2. The van der Waals surface area contributed by atoms with Crippen LogP contribution in [0.4, 0.5) is 0 Å². The van der Waals surface area contributed by atoms with Crippen molar-refractivity contribution in [2.75, 3.05) is 0 Å². The van der Waals surface area contributed by atoms with E-state index in [0.717, 1.165) is 5.39 Å². The molecule has 0 unspecified atom stereocenters. The third-order valence-corrected chi connectivity index (χ3v) is 4.58. The van der Waals surface area contributed by atoms with E-state index in [9.17, 15) is 14.7 Å². The van der Waals surface area contributed by atoms with Crippen LogP contribution in [-0.2, 0) is 17.8 Å². The Hall–Kier alpha value is -2.14. The second kappa shape index (κ2) is 7.00. The number of benzene rings is 2. The normalized spacial score (nSPS) is 11.0. The fraction of sp³-hybridized carbons (Fsp3) is 0.158. The SMILES string of the molecule is Cc1c(CC(=O)Cl)c2cc(CO)ccc2n1C(=O)c1ccc(Cl)cc1. The monoisotopic (exact) mass is 375 g/mol. The second-order valence-corrected chi connectivity index (χ2v) is 6.61. The number of fused-ring (bicyclic) bond motifs is 1. The van der Waals surface area contributed by atoms with Gasteiger partial charge in [-0.2, -0.15) is 0 Å². The van der Waals surface area contributed by atoms with Crippen LogP contribution >= 0.6 is 23.2 Å². The molecule has 3 rings (SSSR count). The summed E-state index contributed by atoms with van der Waals surface area (Å²) in [5.74, 6) is -0.218. The van der Waals surface area contributed by atoms with E-state index in [1.165, 1.54) is 0 Å². The molecule has 0 aliphatic rings. The third-order valence-electron chi connectivity index (χ3n) is 4.19. The first-order chi connectivity index (χ1) is 11.9. The zero-order valence-electron chi connectivity index (χ0n) is 13.4. The zero-order chi connectivity index (χ0) is 18.1. The number of hydrogen-bond acceptors (Lipinski definition) is 3. The molecule has 0 radical (unpaired) electrons. The number of aliphatic hydroxyl groups is 1. The molecule has 0 bridgehead atoms. The fourth-order valence-corrected chi connectivity index (χ4v) is 3.23. The summed E-state index contributed by atoms with van der Waals surface area (Å²) in [6.07, 6.45) is 0.0136. The molecule has 6 heteroatoms. The van der Waals surface area contributed by atoms with Crippen molar-refractivity contribution in [1.29, 1.82) is 0 Å². The number of nitrogens with zero attached hydrogens (tertiary/aromatic N) is 1. The predicted octanol–water partition coefficient (Wildman–Crippen LogP) is 4.09. The van der Waals surface area contributed by atoms with Crippen molar-refractivity contribution in [3.05, 3.63) is 69.9 Å². The average molecular weight is 376 g/mol. The first-order valence-corrected chi connectivity index (χ1v) is 8.40. The van der Waals surface area contributed by atoms with Gasteiger partial charge in [0.05, 0.1) is 12.1 Å². The maximum absolute atomic E-state index is 13.0. The topological polar surface area (TPSA) is 59.3 Å². The van der Waals surface area contributed by atoms with E-state index in [4.69, 9.17) is 23.2 Å². The number of aliphatic hydroxyl groups excluding tert-OH is 1. The summed E-state index contributed by atoms with van der Waals surface area (Å²) < 4.78 is 1.56. The lowest BCUT2D eigenvalue weighted by Gasteiger charge is -2.08. The molecular formula is C19H15Cl2NO3. The van der Waals surface area contributed by atoms with E-state index >= 15 is 0 Å². The van der Waals surface area contributed by atoms with Crippen LogP contribution in [0.15, 0.2) is 42.5 Å². The highest BCUT2D eigenvalue weighted by molar-refractivity contribution is 6.63. The lowest BCUT2D eigenvalue weighted by molar-refractivity contribution is -0.111. The summed E-state index contributed by atoms with van der Waals surface area (Å²) in [5.41, 5.74) is 3.19. The number of carbonyl (C=O) groups is 2. The quantitative estimate of drug-likeness (QED) is 0.698. The van der Waals surface area contributed by atoms with Gasteiger partial charge in [-0.1, -0.05) is 17.7 Å². The summed E-state index contributed by atoms with van der Waals surface area (Å²) >= 11 is 11.5. The average Bonchev–Trinajstić information content (AvgIpc) is 2.86. The van der Waals surface area contributed by atoms with Gasteiger partial charge in [-0.05, 0) is 66.0 Å². The molecule has 0 saturated heterocycles. The fourth-order valence-electron chi connectivity index (χ4n) is 2.97. The minimum absolute atomic E-state index is 0.0136. The Balaban J connectivity index is 2.23. The van der Waals surface area contributed by atoms with Crippen molar-refractivity contribution < 1.29 is 14.7 Å². The molecule has 1 N–H and O–H groups in total. The first kappa shape index (κ1) is 17.7. The Kier molecular flexibility index (Phi) is 4.95. The van der Waals surface area contributed by atoms with E-state index in [2.05, 4.69) is 0 Å². The standard InChI is InChI=1S/C19H15Cl2NO3/c1-11-15(9-18(21)24)16-8-12(10-23)2-7-17(16)22(11)19(25)13-3-5-14(20)6-4-13/h2-8,23H,9-10H2,1H3. The predicted molar refractivity (Wildman–Crippen MR) is 98.3 cm³/mol. The number of aromatic nitrogens is 1. The number of carbonyl (C=O) groups excluding carboxylic acids is 2. The molecule has 2 aromatic carbocycles. The number of hydrogen-bond donors (Lipinski definition) is 1. The van der Waals surface area contributed by atoms with E-state index < -0.39 is 5.24 Å². The Labute approximate surface area is 154 Å². The smallest absolute Gasteiger partial charge is 0.262 e. The van der Waals surface area contributed by atoms with Gasteiger partial charge in [0.2, 0.25) is 5.24 Å². The highest BCUT2D eigenvalue weighted by Gasteiger charge is 2.21. The van der Waals surface area contributed by atoms with Crippen LogP contribution in [0.25, 0.3) is 10.9 Å². The van der Waals surface area contributed by atoms with Gasteiger partial charge in [-0.15, -0.1) is 0 Å². The molecule has 4 nitrogen and oxygen atoms in total. The van der Waals surface area contributed by atoms with Gasteiger partial charge in [0, 0.05) is 28.1 Å². The van der Waals surface area contributed by atoms with Gasteiger partial charge < -0.3 is 5.11 Å². The minimum atomic E-state index is -0.504. The summed E-state index contributed by atoms with van der Waals surface area (Å²) in [7, 11) is 0. The zero-order valence-corrected chi connectivity index (χ0v) is 14.9. The highest BCUT2D eigenvalue weighted by Crippen LogP contribution is 2.29. The molecule has 1 heterocycles. The molecule has 3 aromatic rings. The Morgan fingerprint density at radius 2 is 1.80 bits per heavy atom. The second-order valence-electron chi connectivity index (χ2n) is 5.75. The van der Waals surface area contributed by atoms with Gasteiger partial charge in [0.25, 0.3) is 5.91 Å². The van der Waals surface area contributed by atoms with Crippen molar-refractivity contribution in [2.45, 2.75) is 20.0 Å². The van der Waals surface area contributed by atoms with Crippen molar-refractivity contribution >= 4 is 45.3 Å². The molecule has 0 fully saturated rings. The van der Waals surface area contributed by atoms with Crippen LogP contribution in [0.3, 0.4) is 0 Å². The van der Waals surface area contributed by atoms with Crippen LogP contribution in [0, 0.1) is 6.92 Å². The molecule has 1 aromatic heterocycles. The Bertz CT molecular complexity index is 974. The maximum atomic E-state index is 13.0. The molecule has 0 saturated carbocycles. The van der Waals surface area contributed by atoms with Crippen molar-refractivity contribution in [2.24, 2.45) is 0 Å². The largest absolute Gasteiger partial charge is 0.392 e. The van der Waals surface area contributed by atoms with Gasteiger partial charge in [0.15, 0.2) is 0 Å². The van der Waals surface area contributed by atoms with Gasteiger partial charge in [-0.25, -0.2) is 0 Å². The van der Waals surface area contributed by atoms with Crippen LogP contribution < -0.4 is 0 Å². The molecule has 25 heavy (non-hydrogen) atoms. The highest BCUT2D eigenvalue weighted by atomic mass is 35.5. The summed E-state index contributed by atoms with van der Waals surface area (Å²) in [4.78, 5) is 24.5. The minimum Gasteiger partial charge on any atom is -0.392 e. The van der Waals surface area contributed by atoms with Crippen molar-refractivity contribution in [1.82, 2.24) is 4.57 Å². The first-order valence-electron chi connectivity index (χ1n) is 7.64. The van der Waals surface area contributed by atoms with Gasteiger partial charge in [0.1, 0.15) is 0 Å². The Morgan fingerprint density at radius 1 is 1.12 bits per heavy atom. The van der Waals surface area contributed by atoms with Gasteiger partial charge >= 0.3 is 0 Å². The summed E-state index contributed by atoms with van der Waals surface area (Å²) in [6, 6.07) is 11.9. The van der Waals surface area contributed by atoms with Gasteiger partial charge in [-0.3, -0.25) is 14.2 Å². The lowest BCUT2D eigenvalue weighted by atomic mass is 10.1. The maximum Gasteiger partial charge on any atom is 0.262 e. The third kappa shape index (κ3) is 3.33. The van der Waals surface area contributed by atoms with E-state index in [1.807, 2.05) is 0 Å². The Morgan fingerprint density at radius 3 is 2.40 bits per heavy atom. The molecule has 0 aliphatic carbocycles. The summed E-state index contributed by atoms with van der Waals surface area (Å²) in [5, 5.41) is 10.2. The molecule has 0 spiro atoms. The van der Waals surface area contributed by atoms with Crippen molar-refractivity contribution in [3.8, 4) is 0 Å². The summed E-state index contributed by atoms with van der Waals surface area (Å²) in [6.45, 7) is 1.65. The van der Waals surface area contributed by atoms with Crippen LogP contribution in [-0.4, -0.2) is 20.8 Å². The molecule has 0 aliphatic heterocycles.